The summed E-state index contributed by atoms with van der Waals surface area (Å²) in [7, 11) is 0. The van der Waals surface area contributed by atoms with Crippen LogP contribution >= 0.6 is 11.3 Å². The summed E-state index contributed by atoms with van der Waals surface area (Å²) >= 11 is 1.89. The third-order valence-electron chi connectivity index (χ3n) is 11.5. The second-order valence-electron chi connectivity index (χ2n) is 15.0. The van der Waals surface area contributed by atoms with Crippen molar-refractivity contribution in [3.63, 3.8) is 0 Å². The molecule has 1 heterocycles. The van der Waals surface area contributed by atoms with Crippen molar-refractivity contribution in [1.82, 2.24) is 0 Å². The molecule has 8 aromatic rings. The Morgan fingerprint density at radius 1 is 0.400 bits per heavy atom. The van der Waals surface area contributed by atoms with Crippen molar-refractivity contribution in [3.05, 3.63) is 174 Å². The van der Waals surface area contributed by atoms with Crippen LogP contribution in [-0.2, 0) is 10.8 Å². The predicted molar refractivity (Wildman–Crippen MR) is 215 cm³/mol. The fraction of sp³-hybridized carbons (Fsp3) is 0.125. The summed E-state index contributed by atoms with van der Waals surface area (Å²) in [5, 5.41) is 2.66. The lowest BCUT2D eigenvalue weighted by Gasteiger charge is -2.30. The summed E-state index contributed by atoms with van der Waals surface area (Å²) in [6.45, 7) is 9.46. The molecule has 0 aliphatic heterocycles. The van der Waals surface area contributed by atoms with Gasteiger partial charge >= 0.3 is 0 Å². The standard InChI is InChI=1S/C48H37NS/c1-47(2)41-17-8-5-12-35(41)37-26-24-32(28-43(37)47)49(33-25-27-38-36-13-6-9-18-42(36)48(3,4)44(38)29-33)31-22-20-30(21-23-31)34-15-11-16-40-39-14-7-10-19-45(39)50-46(34)40/h5-29H,1-4H3. The van der Waals surface area contributed by atoms with E-state index < -0.39 is 0 Å². The maximum Gasteiger partial charge on any atom is 0.0465 e. The Balaban J connectivity index is 1.13. The van der Waals surface area contributed by atoms with Crippen molar-refractivity contribution in [2.45, 2.75) is 38.5 Å². The molecular formula is C48H37NS. The SMILES string of the molecule is CC1(C)c2ccccc2-c2ccc(N(c3ccc(-c4cccc5c4sc4ccccc45)cc3)c3ccc4c(c3)C(C)(C)c3ccccc3-4)cc21. The minimum atomic E-state index is -0.0814. The van der Waals surface area contributed by atoms with Crippen molar-refractivity contribution >= 4 is 48.6 Å². The first-order valence-electron chi connectivity index (χ1n) is 17.6. The van der Waals surface area contributed by atoms with E-state index in [0.29, 0.717) is 0 Å². The summed E-state index contributed by atoms with van der Waals surface area (Å²) in [5.41, 5.74) is 16.8. The van der Waals surface area contributed by atoms with Crippen molar-refractivity contribution in [2.75, 3.05) is 4.90 Å². The Labute approximate surface area is 298 Å². The van der Waals surface area contributed by atoms with Gasteiger partial charge in [0.1, 0.15) is 0 Å². The van der Waals surface area contributed by atoms with Crippen LogP contribution < -0.4 is 4.90 Å². The molecule has 0 radical (unpaired) electrons. The zero-order valence-electron chi connectivity index (χ0n) is 28.8. The summed E-state index contributed by atoms with van der Waals surface area (Å²) < 4.78 is 2.68. The van der Waals surface area contributed by atoms with E-state index in [0.717, 1.165) is 5.69 Å². The van der Waals surface area contributed by atoms with Gasteiger partial charge in [-0.05, 0) is 98.1 Å². The van der Waals surface area contributed by atoms with E-state index >= 15 is 0 Å². The highest BCUT2D eigenvalue weighted by atomic mass is 32.1. The fourth-order valence-electron chi connectivity index (χ4n) is 8.87. The van der Waals surface area contributed by atoms with E-state index in [4.69, 9.17) is 0 Å². The van der Waals surface area contributed by atoms with E-state index in [2.05, 4.69) is 184 Å². The van der Waals surface area contributed by atoms with Gasteiger partial charge in [0.05, 0.1) is 0 Å². The molecule has 0 amide bonds. The summed E-state index contributed by atoms with van der Waals surface area (Å²) in [5.74, 6) is 0. The monoisotopic (exact) mass is 659 g/mol. The highest BCUT2D eigenvalue weighted by Gasteiger charge is 2.37. The Morgan fingerprint density at radius 3 is 1.50 bits per heavy atom. The molecule has 0 bridgehead atoms. The Bertz CT molecular complexity index is 2550. The number of fused-ring (bicyclic) bond motifs is 9. The molecule has 1 nitrogen and oxygen atoms in total. The number of rotatable bonds is 4. The van der Waals surface area contributed by atoms with Gasteiger partial charge in [-0.15, -0.1) is 11.3 Å². The maximum atomic E-state index is 2.46. The molecule has 0 spiro atoms. The van der Waals surface area contributed by atoms with Crippen molar-refractivity contribution < 1.29 is 0 Å². The van der Waals surface area contributed by atoms with Gasteiger partial charge in [-0.2, -0.15) is 0 Å². The molecule has 2 aliphatic rings. The van der Waals surface area contributed by atoms with Crippen molar-refractivity contribution in [3.8, 4) is 33.4 Å². The topological polar surface area (TPSA) is 3.24 Å². The van der Waals surface area contributed by atoms with Gasteiger partial charge in [0.15, 0.2) is 0 Å². The lowest BCUT2D eigenvalue weighted by molar-refractivity contribution is 0.660. The van der Waals surface area contributed by atoms with E-state index in [-0.39, 0.29) is 10.8 Å². The average Bonchev–Trinajstić information content (AvgIpc) is 3.72. The molecule has 240 valence electrons. The van der Waals surface area contributed by atoms with Gasteiger partial charge in [0, 0.05) is 48.1 Å². The third-order valence-corrected chi connectivity index (χ3v) is 12.7. The van der Waals surface area contributed by atoms with Crippen LogP contribution in [0.2, 0.25) is 0 Å². The van der Waals surface area contributed by atoms with Gasteiger partial charge in [-0.3, -0.25) is 0 Å². The van der Waals surface area contributed by atoms with Gasteiger partial charge in [-0.1, -0.05) is 137 Å². The van der Waals surface area contributed by atoms with Crippen LogP contribution in [0, 0.1) is 0 Å². The van der Waals surface area contributed by atoms with Crippen LogP contribution in [0.4, 0.5) is 17.1 Å². The number of thiophene rings is 1. The van der Waals surface area contributed by atoms with Crippen LogP contribution in [0.1, 0.15) is 49.9 Å². The van der Waals surface area contributed by atoms with Gasteiger partial charge < -0.3 is 4.90 Å². The van der Waals surface area contributed by atoms with E-state index in [1.807, 2.05) is 11.3 Å². The first kappa shape index (κ1) is 29.5. The first-order chi connectivity index (χ1) is 24.3. The van der Waals surface area contributed by atoms with Gasteiger partial charge in [0.25, 0.3) is 0 Å². The molecule has 0 fully saturated rings. The Kier molecular flexibility index (Phi) is 6.21. The molecule has 0 unspecified atom stereocenters. The minimum Gasteiger partial charge on any atom is -0.310 e. The number of hydrogen-bond acceptors (Lipinski definition) is 2. The van der Waals surface area contributed by atoms with E-state index in [1.54, 1.807) is 0 Å². The predicted octanol–water partition coefficient (Wildman–Crippen LogP) is 13.8. The summed E-state index contributed by atoms with van der Waals surface area (Å²) in [6.07, 6.45) is 0. The third kappa shape index (κ3) is 4.12. The second-order valence-corrected chi connectivity index (χ2v) is 16.0. The molecule has 2 aliphatic carbocycles. The molecule has 10 rings (SSSR count). The molecular weight excluding hydrogens is 623 g/mol. The molecule has 7 aromatic carbocycles. The first-order valence-corrected chi connectivity index (χ1v) is 18.4. The highest BCUT2D eigenvalue weighted by Crippen LogP contribution is 2.53. The van der Waals surface area contributed by atoms with E-state index in [9.17, 15) is 0 Å². The molecule has 0 N–H and O–H groups in total. The lowest BCUT2D eigenvalue weighted by atomic mass is 9.82. The summed E-state index contributed by atoms with van der Waals surface area (Å²) in [6, 6.07) is 56.7. The molecule has 1 aromatic heterocycles. The molecule has 2 heteroatoms. The smallest absolute Gasteiger partial charge is 0.0465 e. The average molecular weight is 660 g/mol. The number of hydrogen-bond donors (Lipinski definition) is 0. The summed E-state index contributed by atoms with van der Waals surface area (Å²) in [4.78, 5) is 2.46. The van der Waals surface area contributed by atoms with Crippen LogP contribution in [0.15, 0.2) is 152 Å². The largest absolute Gasteiger partial charge is 0.310 e. The Hall–Kier alpha value is -5.44. The van der Waals surface area contributed by atoms with Crippen LogP contribution in [0.5, 0.6) is 0 Å². The highest BCUT2D eigenvalue weighted by molar-refractivity contribution is 7.26. The molecule has 0 atom stereocenters. The molecule has 50 heavy (non-hydrogen) atoms. The zero-order chi connectivity index (χ0) is 33.8. The number of anilines is 3. The van der Waals surface area contributed by atoms with Crippen LogP contribution in [-0.4, -0.2) is 0 Å². The lowest BCUT2D eigenvalue weighted by Crippen LogP contribution is -2.18. The number of nitrogens with zero attached hydrogens (tertiary/aromatic N) is 1. The molecule has 0 saturated heterocycles. The minimum absolute atomic E-state index is 0.0814. The van der Waals surface area contributed by atoms with Crippen LogP contribution in [0.25, 0.3) is 53.6 Å². The van der Waals surface area contributed by atoms with Crippen molar-refractivity contribution in [1.29, 1.82) is 0 Å². The maximum absolute atomic E-state index is 2.46. The fourth-order valence-corrected chi connectivity index (χ4v) is 10.1. The van der Waals surface area contributed by atoms with Crippen LogP contribution in [0.3, 0.4) is 0 Å². The van der Waals surface area contributed by atoms with Gasteiger partial charge in [-0.25, -0.2) is 0 Å². The normalized spacial score (nSPS) is 14.7. The molecule has 0 saturated carbocycles. The zero-order valence-corrected chi connectivity index (χ0v) is 29.6. The number of benzene rings is 7. The second kappa shape index (κ2) is 10.5. The Morgan fingerprint density at radius 2 is 0.880 bits per heavy atom. The quantitative estimate of drug-likeness (QED) is 0.182. The van der Waals surface area contributed by atoms with Crippen molar-refractivity contribution in [2.24, 2.45) is 0 Å². The van der Waals surface area contributed by atoms with Gasteiger partial charge in [0.2, 0.25) is 0 Å². The van der Waals surface area contributed by atoms with E-state index in [1.165, 1.54) is 87.2 Å².